The molecule has 1 unspecified atom stereocenters. The number of carbonyl (C=O) groups is 3. The first-order valence-electron chi connectivity index (χ1n) is 9.98. The van der Waals surface area contributed by atoms with Gasteiger partial charge in [0, 0.05) is 28.9 Å². The van der Waals surface area contributed by atoms with Crippen molar-refractivity contribution in [2.24, 2.45) is 5.16 Å². The third-order valence-corrected chi connectivity index (χ3v) is 6.85. The second-order valence-corrected chi connectivity index (χ2v) is 9.19. The molecule has 0 aromatic carbocycles. The number of carboxylic acids is 1. The molecule has 0 bridgehead atoms. The SMILES string of the molecule is C#CCON=C(C(=O)NC1C(=O)N2C(C(=O)O)=C(C[n+]3cccc(N)c3)CS[C@@H]12)c1nsc(N)n1. The molecule has 2 atom stereocenters. The number of anilines is 2. The van der Waals surface area contributed by atoms with Gasteiger partial charge in [0.25, 0.3) is 11.8 Å². The quantitative estimate of drug-likeness (QED) is 0.0828. The molecule has 1 saturated heterocycles. The zero-order valence-electron chi connectivity index (χ0n) is 18.0. The number of fused-ring (bicyclic) bond motifs is 1. The van der Waals surface area contributed by atoms with Gasteiger partial charge in [-0.15, -0.1) is 18.2 Å². The summed E-state index contributed by atoms with van der Waals surface area (Å²) in [5, 5.41) is 15.6. The van der Waals surface area contributed by atoms with E-state index in [9.17, 15) is 19.5 Å². The number of thioether (sulfide) groups is 1. The first-order valence-corrected chi connectivity index (χ1v) is 11.8. The van der Waals surface area contributed by atoms with Crippen molar-refractivity contribution >= 4 is 57.6 Å². The van der Waals surface area contributed by atoms with E-state index in [-0.39, 0.29) is 35.5 Å². The van der Waals surface area contributed by atoms with Crippen LogP contribution in [0.4, 0.5) is 10.8 Å². The Balaban J connectivity index is 1.53. The predicted octanol–water partition coefficient (Wildman–Crippen LogP) is -1.22. The van der Waals surface area contributed by atoms with Gasteiger partial charge in [-0.3, -0.25) is 14.5 Å². The van der Waals surface area contributed by atoms with Crippen molar-refractivity contribution in [3.8, 4) is 12.3 Å². The highest BCUT2D eigenvalue weighted by atomic mass is 32.2. The van der Waals surface area contributed by atoms with Crippen molar-refractivity contribution in [3.63, 3.8) is 0 Å². The molecule has 0 spiro atoms. The highest BCUT2D eigenvalue weighted by molar-refractivity contribution is 8.00. The van der Waals surface area contributed by atoms with Crippen LogP contribution < -0.4 is 21.4 Å². The molecule has 0 aliphatic carbocycles. The number of nitrogens with zero attached hydrogens (tertiary/aromatic N) is 5. The standard InChI is InChI=1S/C20H18N8O5S2/c1-2-6-33-25-12(15-24-20(22)35-26-15)16(29)23-13-17(30)28-14(19(31)32)10(9-34-18(13)28)7-27-5-3-4-11(21)8-27/h1,3-5,8,13,18H,6-7,9,21H2,(H3-,22,23,24,26,29,31,32)/p+1/t13?,18-/m0/s1. The molecule has 2 aliphatic heterocycles. The molecule has 0 radical (unpaired) electrons. The molecule has 4 rings (SSSR count). The largest absolute Gasteiger partial charge is 0.477 e. The third-order valence-electron chi connectivity index (χ3n) is 4.96. The van der Waals surface area contributed by atoms with E-state index < -0.39 is 29.2 Å². The monoisotopic (exact) mass is 515 g/mol. The van der Waals surface area contributed by atoms with Gasteiger partial charge in [-0.05, 0) is 6.07 Å². The van der Waals surface area contributed by atoms with Gasteiger partial charge in [0.05, 0.1) is 5.69 Å². The van der Waals surface area contributed by atoms with E-state index in [0.29, 0.717) is 17.0 Å². The fourth-order valence-corrected chi connectivity index (χ4v) is 5.29. The fourth-order valence-electron chi connectivity index (χ4n) is 3.52. The molecule has 2 aliphatic rings. The molecule has 2 amide bonds. The number of pyridine rings is 1. The van der Waals surface area contributed by atoms with Crippen LogP contribution in [-0.4, -0.2) is 66.6 Å². The van der Waals surface area contributed by atoms with Crippen LogP contribution in [0.3, 0.4) is 0 Å². The van der Waals surface area contributed by atoms with Gasteiger partial charge >= 0.3 is 5.97 Å². The van der Waals surface area contributed by atoms with E-state index in [1.807, 2.05) is 0 Å². The van der Waals surface area contributed by atoms with E-state index in [4.69, 9.17) is 22.7 Å². The summed E-state index contributed by atoms with van der Waals surface area (Å²) in [6.45, 7) is 0.0407. The molecule has 15 heteroatoms. The van der Waals surface area contributed by atoms with Crippen LogP contribution in [0, 0.1) is 12.3 Å². The van der Waals surface area contributed by atoms with E-state index in [1.54, 1.807) is 29.1 Å². The van der Waals surface area contributed by atoms with Crippen LogP contribution in [0.1, 0.15) is 5.82 Å². The van der Waals surface area contributed by atoms with E-state index in [0.717, 1.165) is 11.5 Å². The number of carbonyl (C=O) groups excluding carboxylic acids is 2. The summed E-state index contributed by atoms with van der Waals surface area (Å²) < 4.78 is 5.68. The van der Waals surface area contributed by atoms with Gasteiger partial charge in [-0.1, -0.05) is 11.1 Å². The minimum Gasteiger partial charge on any atom is -0.477 e. The Morgan fingerprint density at radius 2 is 2.26 bits per heavy atom. The number of oxime groups is 1. The van der Waals surface area contributed by atoms with Gasteiger partial charge in [0.2, 0.25) is 11.5 Å². The minimum atomic E-state index is -1.24. The Hall–Kier alpha value is -4.16. The number of carboxylic acid groups (broad SMARTS) is 1. The molecule has 2 aromatic heterocycles. The number of β-lactam (4-membered cyclic amide) rings is 1. The van der Waals surface area contributed by atoms with Gasteiger partial charge in [-0.2, -0.15) is 13.9 Å². The van der Waals surface area contributed by atoms with Crippen molar-refractivity contribution in [3.05, 3.63) is 41.6 Å². The van der Waals surface area contributed by atoms with Crippen LogP contribution in [0.15, 0.2) is 41.0 Å². The molecule has 13 nitrogen and oxygen atoms in total. The lowest BCUT2D eigenvalue weighted by Crippen LogP contribution is -2.71. The summed E-state index contributed by atoms with van der Waals surface area (Å²) in [5.74, 6) is -0.145. The second-order valence-electron chi connectivity index (χ2n) is 7.30. The molecule has 2 aromatic rings. The van der Waals surface area contributed by atoms with Crippen molar-refractivity contribution in [2.45, 2.75) is 18.0 Å². The number of hydrogen-bond acceptors (Lipinski definition) is 11. The van der Waals surface area contributed by atoms with Crippen LogP contribution in [0.2, 0.25) is 0 Å². The van der Waals surface area contributed by atoms with E-state index in [1.165, 1.54) is 16.7 Å². The smallest absolute Gasteiger partial charge is 0.352 e. The molecule has 1 fully saturated rings. The number of aromatic nitrogens is 3. The lowest BCUT2D eigenvalue weighted by atomic mass is 10.0. The Labute approximate surface area is 207 Å². The van der Waals surface area contributed by atoms with Gasteiger partial charge in [0.1, 0.15) is 17.1 Å². The molecule has 35 heavy (non-hydrogen) atoms. The molecule has 0 saturated carbocycles. The van der Waals surface area contributed by atoms with E-state index >= 15 is 0 Å². The zero-order chi connectivity index (χ0) is 25.1. The number of nitrogens with two attached hydrogens (primary N) is 2. The summed E-state index contributed by atoms with van der Waals surface area (Å²) in [4.78, 5) is 47.9. The van der Waals surface area contributed by atoms with Crippen LogP contribution >= 0.6 is 23.3 Å². The van der Waals surface area contributed by atoms with Crippen molar-refractivity contribution in [2.75, 3.05) is 23.8 Å². The van der Waals surface area contributed by atoms with Crippen molar-refractivity contribution in [1.29, 1.82) is 0 Å². The second kappa shape index (κ2) is 9.99. The number of aliphatic carboxylic acids is 1. The molecular formula is C20H19N8O5S2+. The summed E-state index contributed by atoms with van der Waals surface area (Å²) in [7, 11) is 0. The third kappa shape index (κ3) is 4.88. The molecule has 180 valence electrons. The average Bonchev–Trinajstić information content (AvgIpc) is 3.25. The summed E-state index contributed by atoms with van der Waals surface area (Å²) in [5.41, 5.74) is 12.0. The Bertz CT molecular complexity index is 1300. The molecular weight excluding hydrogens is 496 g/mol. The maximum Gasteiger partial charge on any atom is 0.352 e. The molecule has 4 heterocycles. The predicted molar refractivity (Wildman–Crippen MR) is 126 cm³/mol. The highest BCUT2D eigenvalue weighted by Gasteiger charge is 2.54. The van der Waals surface area contributed by atoms with Crippen LogP contribution in [-0.2, 0) is 25.8 Å². The topological polar surface area (TPSA) is 190 Å². The average molecular weight is 516 g/mol. The van der Waals surface area contributed by atoms with Gasteiger partial charge < -0.3 is 26.7 Å². The number of nitrogens with one attached hydrogen (secondary N) is 1. The van der Waals surface area contributed by atoms with Crippen molar-refractivity contribution in [1.82, 2.24) is 19.6 Å². The maximum atomic E-state index is 12.9. The number of terminal acetylenes is 1. The Morgan fingerprint density at radius 1 is 1.46 bits per heavy atom. The van der Waals surface area contributed by atoms with Crippen LogP contribution in [0.25, 0.3) is 0 Å². The van der Waals surface area contributed by atoms with Crippen LogP contribution in [0.5, 0.6) is 0 Å². The number of hydrogen-bond donors (Lipinski definition) is 4. The highest BCUT2D eigenvalue weighted by Crippen LogP contribution is 2.40. The minimum absolute atomic E-state index is 0.0884. The number of nitrogen functional groups attached to an aromatic ring is 2. The van der Waals surface area contributed by atoms with Gasteiger partial charge in [0.15, 0.2) is 30.7 Å². The normalized spacial score (nSPS) is 19.5. The molecule has 6 N–H and O–H groups in total. The Morgan fingerprint density at radius 3 is 2.91 bits per heavy atom. The summed E-state index contributed by atoms with van der Waals surface area (Å²) in [6.07, 6.45) is 8.56. The van der Waals surface area contributed by atoms with E-state index in [2.05, 4.69) is 25.8 Å². The lowest BCUT2D eigenvalue weighted by molar-refractivity contribution is -0.688. The van der Waals surface area contributed by atoms with Crippen molar-refractivity contribution < 1.29 is 28.9 Å². The summed E-state index contributed by atoms with van der Waals surface area (Å²) >= 11 is 2.18. The van der Waals surface area contributed by atoms with Gasteiger partial charge in [-0.25, -0.2) is 4.79 Å². The fraction of sp³-hybridized carbons (Fsp3) is 0.250. The first kappa shape index (κ1) is 24.0. The zero-order valence-corrected chi connectivity index (χ0v) is 19.6. The maximum absolute atomic E-state index is 12.9. The Kier molecular flexibility index (Phi) is 6.85. The summed E-state index contributed by atoms with van der Waals surface area (Å²) in [6, 6.07) is 2.47. The lowest BCUT2D eigenvalue weighted by Gasteiger charge is -2.49. The number of amides is 2. The first-order chi connectivity index (χ1) is 16.8. The number of rotatable bonds is 8.